The number of hydrogen-bond donors (Lipinski definition) is 0. The summed E-state index contributed by atoms with van der Waals surface area (Å²) in [6.45, 7) is 3.58. The Hall–Kier alpha value is -1.53. The van der Waals surface area contributed by atoms with Crippen LogP contribution >= 0.6 is 0 Å². The van der Waals surface area contributed by atoms with Gasteiger partial charge in [0.1, 0.15) is 0 Å². The molecule has 1 unspecified atom stereocenters. The first-order valence-electron chi connectivity index (χ1n) is 7.82. The molecule has 2 fully saturated rings. The molecule has 1 amide bonds. The molecule has 0 aromatic carbocycles. The molecule has 1 atom stereocenters. The van der Waals surface area contributed by atoms with Crippen molar-refractivity contribution in [3.8, 4) is 0 Å². The molecule has 1 aromatic rings. The number of carbonyl (C=O) groups is 1. The second-order valence-electron chi connectivity index (χ2n) is 6.26. The van der Waals surface area contributed by atoms with Gasteiger partial charge in [0.2, 0.25) is 0 Å². The smallest absolute Gasteiger partial charge is 0.257 e. The summed E-state index contributed by atoms with van der Waals surface area (Å²) in [6, 6.07) is 1.45. The molecule has 0 radical (unpaired) electrons. The third kappa shape index (κ3) is 3.81. The van der Waals surface area contributed by atoms with Crippen molar-refractivity contribution in [2.24, 2.45) is 5.92 Å². The number of rotatable bonds is 5. The first-order chi connectivity index (χ1) is 10.6. The summed E-state index contributed by atoms with van der Waals surface area (Å²) < 4.78 is 19.6. The van der Waals surface area contributed by atoms with Crippen LogP contribution in [0.15, 0.2) is 18.5 Å². The van der Waals surface area contributed by atoms with Gasteiger partial charge in [-0.1, -0.05) is 0 Å². The number of hydrogen-bond acceptors (Lipinski definition) is 4. The minimum atomic E-state index is -0.560. The SMILES string of the molecule is CN1CCOC(CN(CC2CC2)C(=O)c2ccncc2F)C1. The summed E-state index contributed by atoms with van der Waals surface area (Å²) in [5.41, 5.74) is 0.0971. The second-order valence-corrected chi connectivity index (χ2v) is 6.26. The van der Waals surface area contributed by atoms with E-state index in [1.807, 2.05) is 7.05 Å². The predicted molar refractivity (Wildman–Crippen MR) is 80.1 cm³/mol. The molecule has 2 heterocycles. The summed E-state index contributed by atoms with van der Waals surface area (Å²) in [5.74, 6) is -0.270. The minimum absolute atomic E-state index is 0.00801. The Labute approximate surface area is 130 Å². The second kappa shape index (κ2) is 6.71. The Morgan fingerprint density at radius 3 is 3.00 bits per heavy atom. The highest BCUT2D eigenvalue weighted by molar-refractivity contribution is 5.94. The first-order valence-corrected chi connectivity index (χ1v) is 7.82. The Kier molecular flexibility index (Phi) is 4.69. The van der Waals surface area contributed by atoms with Gasteiger partial charge >= 0.3 is 0 Å². The lowest BCUT2D eigenvalue weighted by Gasteiger charge is -2.34. The summed E-state index contributed by atoms with van der Waals surface area (Å²) in [7, 11) is 2.05. The van der Waals surface area contributed by atoms with Crippen LogP contribution in [0.25, 0.3) is 0 Å². The van der Waals surface area contributed by atoms with Crippen molar-refractivity contribution in [1.29, 1.82) is 0 Å². The van der Waals surface area contributed by atoms with Crippen LogP contribution in [0.1, 0.15) is 23.2 Å². The van der Waals surface area contributed by atoms with E-state index in [2.05, 4.69) is 9.88 Å². The van der Waals surface area contributed by atoms with Crippen LogP contribution in [-0.4, -0.2) is 66.6 Å². The Balaban J connectivity index is 1.71. The van der Waals surface area contributed by atoms with Crippen molar-refractivity contribution in [2.75, 3.05) is 39.8 Å². The zero-order valence-corrected chi connectivity index (χ0v) is 12.9. The maximum atomic E-state index is 13.8. The highest BCUT2D eigenvalue weighted by Gasteiger charge is 2.31. The fourth-order valence-corrected chi connectivity index (χ4v) is 2.79. The summed E-state index contributed by atoms with van der Waals surface area (Å²) in [4.78, 5) is 20.3. The molecule has 5 nitrogen and oxygen atoms in total. The van der Waals surface area contributed by atoms with Gasteiger partial charge in [-0.15, -0.1) is 0 Å². The van der Waals surface area contributed by atoms with E-state index in [9.17, 15) is 9.18 Å². The third-order valence-corrected chi connectivity index (χ3v) is 4.23. The van der Waals surface area contributed by atoms with E-state index in [-0.39, 0.29) is 17.6 Å². The molecule has 120 valence electrons. The van der Waals surface area contributed by atoms with Gasteiger partial charge in [-0.2, -0.15) is 0 Å². The highest BCUT2D eigenvalue weighted by Crippen LogP contribution is 2.30. The number of morpholine rings is 1. The number of likely N-dealkylation sites (N-methyl/N-ethyl adjacent to an activating group) is 1. The average Bonchev–Trinajstić information content (AvgIpc) is 3.30. The van der Waals surface area contributed by atoms with Gasteiger partial charge in [0.25, 0.3) is 5.91 Å². The van der Waals surface area contributed by atoms with Gasteiger partial charge in [-0.25, -0.2) is 4.39 Å². The summed E-state index contributed by atoms with van der Waals surface area (Å²) >= 11 is 0. The number of nitrogens with zero attached hydrogens (tertiary/aromatic N) is 3. The highest BCUT2D eigenvalue weighted by atomic mass is 19.1. The molecule has 1 aliphatic heterocycles. The molecule has 3 rings (SSSR count). The Morgan fingerprint density at radius 1 is 1.50 bits per heavy atom. The molecule has 6 heteroatoms. The van der Waals surface area contributed by atoms with Gasteiger partial charge in [0, 0.05) is 32.4 Å². The van der Waals surface area contributed by atoms with Crippen molar-refractivity contribution in [3.05, 3.63) is 29.8 Å². The van der Waals surface area contributed by atoms with Crippen LogP contribution < -0.4 is 0 Å². The zero-order valence-electron chi connectivity index (χ0n) is 12.9. The van der Waals surface area contributed by atoms with Crippen LogP contribution in [0.2, 0.25) is 0 Å². The lowest BCUT2D eigenvalue weighted by atomic mass is 10.2. The Bertz CT molecular complexity index is 536. The molecular formula is C16H22FN3O2. The molecule has 1 saturated carbocycles. The molecule has 1 aliphatic carbocycles. The molecule has 1 aromatic heterocycles. The van der Waals surface area contributed by atoms with Crippen LogP contribution in [0.5, 0.6) is 0 Å². The maximum absolute atomic E-state index is 13.8. The van der Waals surface area contributed by atoms with E-state index in [1.54, 1.807) is 4.90 Å². The molecule has 0 N–H and O–H groups in total. The van der Waals surface area contributed by atoms with Crippen molar-refractivity contribution >= 4 is 5.91 Å². The summed E-state index contributed by atoms with van der Waals surface area (Å²) in [5, 5.41) is 0. The molecule has 0 bridgehead atoms. The fourth-order valence-electron chi connectivity index (χ4n) is 2.79. The average molecular weight is 307 g/mol. The fraction of sp³-hybridized carbons (Fsp3) is 0.625. The van der Waals surface area contributed by atoms with Gasteiger partial charge < -0.3 is 14.5 Å². The largest absolute Gasteiger partial charge is 0.374 e. The molecule has 1 saturated heterocycles. The van der Waals surface area contributed by atoms with E-state index in [1.165, 1.54) is 12.3 Å². The van der Waals surface area contributed by atoms with Crippen molar-refractivity contribution in [1.82, 2.24) is 14.8 Å². The van der Waals surface area contributed by atoms with Crippen molar-refractivity contribution < 1.29 is 13.9 Å². The number of amides is 1. The number of halogens is 1. The van der Waals surface area contributed by atoms with Gasteiger partial charge in [-0.05, 0) is 31.9 Å². The van der Waals surface area contributed by atoms with Crippen LogP contribution in [-0.2, 0) is 4.74 Å². The van der Waals surface area contributed by atoms with Gasteiger partial charge in [0.05, 0.1) is 24.5 Å². The van der Waals surface area contributed by atoms with E-state index >= 15 is 0 Å². The number of aromatic nitrogens is 1. The van der Waals surface area contributed by atoms with E-state index < -0.39 is 5.82 Å². The van der Waals surface area contributed by atoms with Gasteiger partial charge in [-0.3, -0.25) is 9.78 Å². The number of ether oxygens (including phenoxy) is 1. The summed E-state index contributed by atoms with van der Waals surface area (Å²) in [6.07, 6.45) is 4.83. The van der Waals surface area contributed by atoms with Gasteiger partial charge in [0.15, 0.2) is 5.82 Å². The van der Waals surface area contributed by atoms with Crippen LogP contribution in [0, 0.1) is 11.7 Å². The molecular weight excluding hydrogens is 285 g/mol. The lowest BCUT2D eigenvalue weighted by Crippen LogP contribution is -2.48. The maximum Gasteiger partial charge on any atom is 0.257 e. The number of pyridine rings is 1. The molecule has 0 spiro atoms. The van der Waals surface area contributed by atoms with E-state index in [0.29, 0.717) is 25.6 Å². The van der Waals surface area contributed by atoms with Crippen LogP contribution in [0.3, 0.4) is 0 Å². The van der Waals surface area contributed by atoms with Crippen LogP contribution in [0.4, 0.5) is 4.39 Å². The Morgan fingerprint density at radius 2 is 2.32 bits per heavy atom. The van der Waals surface area contributed by atoms with Crippen molar-refractivity contribution in [2.45, 2.75) is 18.9 Å². The third-order valence-electron chi connectivity index (χ3n) is 4.23. The quantitative estimate of drug-likeness (QED) is 0.825. The topological polar surface area (TPSA) is 45.7 Å². The van der Waals surface area contributed by atoms with E-state index in [0.717, 1.165) is 32.1 Å². The molecule has 22 heavy (non-hydrogen) atoms. The predicted octanol–water partition coefficient (Wildman–Crippen LogP) is 1.40. The normalized spacial score (nSPS) is 22.5. The monoisotopic (exact) mass is 307 g/mol. The van der Waals surface area contributed by atoms with Crippen molar-refractivity contribution in [3.63, 3.8) is 0 Å². The number of carbonyl (C=O) groups excluding carboxylic acids is 1. The first kappa shape index (κ1) is 15.4. The molecule has 2 aliphatic rings. The minimum Gasteiger partial charge on any atom is -0.374 e. The lowest BCUT2D eigenvalue weighted by molar-refractivity contribution is -0.0332. The standard InChI is InChI=1S/C16H22FN3O2/c1-19-6-7-22-13(10-19)11-20(9-12-2-3-12)16(21)14-4-5-18-8-15(14)17/h4-5,8,12-13H,2-3,6-7,9-11H2,1H3. The zero-order chi connectivity index (χ0) is 15.5. The van der Waals surface area contributed by atoms with E-state index in [4.69, 9.17) is 4.74 Å².